The van der Waals surface area contributed by atoms with E-state index in [2.05, 4.69) is 64.9 Å². The maximum Gasteiger partial charge on any atom is 0.0449 e. The van der Waals surface area contributed by atoms with Gasteiger partial charge in [-0.05, 0) is 49.5 Å². The highest BCUT2D eigenvalue weighted by atomic mass is 16.3. The quantitative estimate of drug-likeness (QED) is 0.885. The molecule has 18 heavy (non-hydrogen) atoms. The lowest BCUT2D eigenvalue weighted by Gasteiger charge is -2.28. The normalized spacial score (nSPS) is 14.0. The van der Waals surface area contributed by atoms with Gasteiger partial charge in [0.15, 0.2) is 0 Å². The van der Waals surface area contributed by atoms with Crippen molar-refractivity contribution in [1.29, 1.82) is 0 Å². The average Bonchev–Trinajstić information content (AvgIpc) is 2.25. The van der Waals surface area contributed by atoms with E-state index in [1.807, 2.05) is 0 Å². The van der Waals surface area contributed by atoms with E-state index in [0.29, 0.717) is 0 Å². The van der Waals surface area contributed by atoms with Crippen LogP contribution in [0.2, 0.25) is 0 Å². The lowest BCUT2D eigenvalue weighted by atomic mass is 9.82. The van der Waals surface area contributed by atoms with E-state index in [4.69, 9.17) is 0 Å². The summed E-state index contributed by atoms with van der Waals surface area (Å²) in [5, 5.41) is 9.20. The fourth-order valence-electron chi connectivity index (χ4n) is 2.50. The fourth-order valence-corrected chi connectivity index (χ4v) is 2.50. The Balaban J connectivity index is 3.18. The first-order valence-corrected chi connectivity index (χ1v) is 6.65. The van der Waals surface area contributed by atoms with E-state index < -0.39 is 0 Å². The minimum atomic E-state index is 0.163. The van der Waals surface area contributed by atoms with Crippen molar-refractivity contribution in [3.05, 3.63) is 34.9 Å². The van der Waals surface area contributed by atoms with Crippen LogP contribution in [0.5, 0.6) is 0 Å². The molecule has 1 aromatic rings. The molecule has 1 aromatic carbocycles. The molecule has 2 heteroatoms. The molecule has 0 amide bonds. The van der Waals surface area contributed by atoms with Crippen LogP contribution >= 0.6 is 0 Å². The van der Waals surface area contributed by atoms with Crippen molar-refractivity contribution in [2.75, 3.05) is 20.7 Å². The third-order valence-corrected chi connectivity index (χ3v) is 3.48. The van der Waals surface area contributed by atoms with E-state index >= 15 is 0 Å². The number of aryl methyl sites for hydroxylation is 1. The summed E-state index contributed by atoms with van der Waals surface area (Å²) in [6.45, 7) is 9.13. The van der Waals surface area contributed by atoms with E-state index in [1.54, 1.807) is 0 Å². The molecular weight excluding hydrogens is 222 g/mol. The Bertz CT molecular complexity index is 391. The van der Waals surface area contributed by atoms with Crippen LogP contribution in [0.15, 0.2) is 18.2 Å². The van der Waals surface area contributed by atoms with Gasteiger partial charge in [0.05, 0.1) is 0 Å². The molecule has 0 saturated carbocycles. The molecule has 0 saturated heterocycles. The van der Waals surface area contributed by atoms with Gasteiger partial charge in [-0.2, -0.15) is 0 Å². The number of aliphatic hydroxyl groups excluding tert-OH is 1. The average molecular weight is 249 g/mol. The minimum absolute atomic E-state index is 0.163. The summed E-state index contributed by atoms with van der Waals surface area (Å²) < 4.78 is 0. The zero-order valence-electron chi connectivity index (χ0n) is 12.6. The number of hydrogen-bond donors (Lipinski definition) is 1. The van der Waals surface area contributed by atoms with Gasteiger partial charge in [0.1, 0.15) is 0 Å². The van der Waals surface area contributed by atoms with Crippen LogP contribution in [-0.2, 0) is 5.41 Å². The van der Waals surface area contributed by atoms with Gasteiger partial charge in [-0.15, -0.1) is 0 Å². The van der Waals surface area contributed by atoms with Gasteiger partial charge in [0, 0.05) is 12.6 Å². The Morgan fingerprint density at radius 2 is 1.83 bits per heavy atom. The summed E-state index contributed by atoms with van der Waals surface area (Å²) in [6.07, 6.45) is 0.777. The second-order valence-electron chi connectivity index (χ2n) is 6.32. The lowest BCUT2D eigenvalue weighted by molar-refractivity contribution is 0.210. The molecule has 0 spiro atoms. The van der Waals surface area contributed by atoms with Crippen LogP contribution in [0.1, 0.15) is 49.9 Å². The fraction of sp³-hybridized carbons (Fsp3) is 0.625. The predicted octanol–water partition coefficient (Wildman–Crippen LogP) is 3.28. The van der Waals surface area contributed by atoms with E-state index in [1.165, 1.54) is 16.7 Å². The predicted molar refractivity (Wildman–Crippen MR) is 78.0 cm³/mol. The molecule has 0 heterocycles. The zero-order chi connectivity index (χ0) is 13.9. The highest BCUT2D eigenvalue weighted by Crippen LogP contribution is 2.30. The van der Waals surface area contributed by atoms with Gasteiger partial charge in [-0.25, -0.2) is 0 Å². The van der Waals surface area contributed by atoms with Gasteiger partial charge < -0.3 is 10.0 Å². The van der Waals surface area contributed by atoms with Crippen LogP contribution in [0.3, 0.4) is 0 Å². The second-order valence-corrected chi connectivity index (χ2v) is 6.32. The van der Waals surface area contributed by atoms with Gasteiger partial charge in [0.25, 0.3) is 0 Å². The van der Waals surface area contributed by atoms with Crippen molar-refractivity contribution in [3.63, 3.8) is 0 Å². The highest BCUT2D eigenvalue weighted by Gasteiger charge is 2.20. The van der Waals surface area contributed by atoms with E-state index in [9.17, 15) is 5.11 Å². The molecule has 2 nitrogen and oxygen atoms in total. The third kappa shape index (κ3) is 3.56. The number of rotatable bonds is 4. The molecular formula is C16H27NO. The first-order chi connectivity index (χ1) is 8.27. The first kappa shape index (κ1) is 15.2. The molecule has 1 atom stereocenters. The van der Waals surface area contributed by atoms with Gasteiger partial charge in [-0.3, -0.25) is 0 Å². The molecule has 0 radical (unpaired) electrons. The van der Waals surface area contributed by atoms with Gasteiger partial charge in [-0.1, -0.05) is 39.0 Å². The lowest BCUT2D eigenvalue weighted by Crippen LogP contribution is -2.22. The Labute approximate surface area is 112 Å². The third-order valence-electron chi connectivity index (χ3n) is 3.48. The summed E-state index contributed by atoms with van der Waals surface area (Å²) in [5.41, 5.74) is 4.19. The number of aliphatic hydroxyl groups is 1. The van der Waals surface area contributed by atoms with Crippen LogP contribution < -0.4 is 0 Å². The standard InChI is InChI=1S/C16H27NO/c1-12-7-8-13(11-14(12)16(2,3)4)15(9-10-18)17(5)6/h7-8,11,15,18H,9-10H2,1-6H3. The molecule has 1 unspecified atom stereocenters. The molecule has 0 fully saturated rings. The summed E-state index contributed by atoms with van der Waals surface area (Å²) in [5.74, 6) is 0. The van der Waals surface area contributed by atoms with Crippen LogP contribution in [0.25, 0.3) is 0 Å². The van der Waals surface area contributed by atoms with Gasteiger partial charge >= 0.3 is 0 Å². The smallest absolute Gasteiger partial charge is 0.0449 e. The van der Waals surface area contributed by atoms with Crippen molar-refractivity contribution in [3.8, 4) is 0 Å². The van der Waals surface area contributed by atoms with Crippen molar-refractivity contribution in [2.45, 2.75) is 45.6 Å². The Morgan fingerprint density at radius 3 is 2.28 bits per heavy atom. The Kier molecular flexibility index (Phi) is 4.94. The maximum atomic E-state index is 9.20. The van der Waals surface area contributed by atoms with Crippen molar-refractivity contribution in [2.24, 2.45) is 0 Å². The number of hydrogen-bond acceptors (Lipinski definition) is 2. The molecule has 0 aliphatic rings. The highest BCUT2D eigenvalue weighted by molar-refractivity contribution is 5.37. The molecule has 0 aromatic heterocycles. The van der Waals surface area contributed by atoms with E-state index in [0.717, 1.165) is 6.42 Å². The molecule has 0 bridgehead atoms. The molecule has 1 rings (SSSR count). The molecule has 0 aliphatic heterocycles. The van der Waals surface area contributed by atoms with Crippen LogP contribution in [-0.4, -0.2) is 30.7 Å². The summed E-state index contributed by atoms with van der Waals surface area (Å²) in [4.78, 5) is 2.17. The maximum absolute atomic E-state index is 9.20. The monoisotopic (exact) mass is 249 g/mol. The number of nitrogens with zero attached hydrogens (tertiary/aromatic N) is 1. The first-order valence-electron chi connectivity index (χ1n) is 6.65. The number of benzene rings is 1. The van der Waals surface area contributed by atoms with Crippen molar-refractivity contribution < 1.29 is 5.11 Å². The van der Waals surface area contributed by atoms with Crippen molar-refractivity contribution >= 4 is 0 Å². The van der Waals surface area contributed by atoms with Crippen molar-refractivity contribution in [1.82, 2.24) is 4.90 Å². The molecule has 0 aliphatic carbocycles. The SMILES string of the molecule is Cc1ccc(C(CCO)N(C)C)cc1C(C)(C)C. The Hall–Kier alpha value is -0.860. The largest absolute Gasteiger partial charge is 0.396 e. The topological polar surface area (TPSA) is 23.5 Å². The zero-order valence-corrected chi connectivity index (χ0v) is 12.6. The van der Waals surface area contributed by atoms with Crippen LogP contribution in [0.4, 0.5) is 0 Å². The summed E-state index contributed by atoms with van der Waals surface area (Å²) in [6, 6.07) is 6.97. The second kappa shape index (κ2) is 5.85. The molecule has 102 valence electrons. The summed E-state index contributed by atoms with van der Waals surface area (Å²) in [7, 11) is 4.13. The Morgan fingerprint density at radius 1 is 1.22 bits per heavy atom. The minimum Gasteiger partial charge on any atom is -0.396 e. The molecule has 1 N–H and O–H groups in total. The van der Waals surface area contributed by atoms with Crippen LogP contribution in [0, 0.1) is 6.92 Å². The summed E-state index contributed by atoms with van der Waals surface area (Å²) >= 11 is 0. The van der Waals surface area contributed by atoms with Gasteiger partial charge in [0.2, 0.25) is 0 Å². The van der Waals surface area contributed by atoms with E-state index in [-0.39, 0.29) is 18.1 Å².